The molecule has 0 aliphatic rings. The van der Waals surface area contributed by atoms with Crippen LogP contribution < -0.4 is 0 Å². The fourth-order valence-corrected chi connectivity index (χ4v) is 4.73. The Labute approximate surface area is 244 Å². The maximum atomic E-state index is 12.2. The van der Waals surface area contributed by atoms with E-state index in [1.807, 2.05) is 0 Å². The van der Waals surface area contributed by atoms with Crippen molar-refractivity contribution in [3.05, 3.63) is 12.2 Å². The average molecular weight is 591 g/mol. The van der Waals surface area contributed by atoms with Gasteiger partial charge in [-0.25, -0.2) is 4.57 Å². The van der Waals surface area contributed by atoms with Crippen molar-refractivity contribution in [2.24, 2.45) is 0 Å². The molecule has 2 N–H and O–H groups in total. The lowest BCUT2D eigenvalue weighted by atomic mass is 10.1. The molecule has 9 heteroatoms. The molecule has 1 atom stereocenters. The summed E-state index contributed by atoms with van der Waals surface area (Å²) in [6.07, 6.45) is 26.5. The van der Waals surface area contributed by atoms with Gasteiger partial charge in [-0.2, -0.15) is 0 Å². The zero-order valence-corrected chi connectivity index (χ0v) is 26.4. The summed E-state index contributed by atoms with van der Waals surface area (Å²) in [5.41, 5.74) is 0. The van der Waals surface area contributed by atoms with Crippen LogP contribution in [0, 0.1) is 0 Å². The molecule has 236 valence electrons. The van der Waals surface area contributed by atoms with Gasteiger partial charge in [0.2, 0.25) is 0 Å². The Bertz CT molecular complexity index is 676. The number of hydrogen-bond acceptors (Lipinski definition) is 6. The zero-order valence-electron chi connectivity index (χ0n) is 25.5. The van der Waals surface area contributed by atoms with E-state index in [0.717, 1.165) is 51.4 Å². The molecule has 0 rings (SSSR count). The summed E-state index contributed by atoms with van der Waals surface area (Å²) in [5.74, 6) is -0.896. The summed E-state index contributed by atoms with van der Waals surface area (Å²) in [4.78, 5) is 42.4. The molecule has 8 nitrogen and oxygen atoms in total. The number of phosphoric ester groups is 1. The van der Waals surface area contributed by atoms with E-state index in [4.69, 9.17) is 19.3 Å². The predicted octanol–water partition coefficient (Wildman–Crippen LogP) is 8.73. The molecule has 0 unspecified atom stereocenters. The molecule has 0 aliphatic carbocycles. The molecule has 40 heavy (non-hydrogen) atoms. The molecule has 0 aromatic carbocycles. The first-order valence-corrected chi connectivity index (χ1v) is 17.5. The molecule has 0 heterocycles. The van der Waals surface area contributed by atoms with Crippen molar-refractivity contribution in [3.63, 3.8) is 0 Å². The summed E-state index contributed by atoms with van der Waals surface area (Å²) in [7, 11) is -4.74. The molecule has 0 bridgehead atoms. The number of unbranched alkanes of at least 4 members (excludes halogenated alkanes) is 17. The maximum Gasteiger partial charge on any atom is 0.469 e. The van der Waals surface area contributed by atoms with Crippen LogP contribution in [0.4, 0.5) is 0 Å². The Morgan fingerprint density at radius 3 is 1.57 bits per heavy atom. The van der Waals surface area contributed by atoms with Crippen LogP contribution in [0.3, 0.4) is 0 Å². The lowest BCUT2D eigenvalue weighted by molar-refractivity contribution is -0.161. The molecule has 0 aromatic rings. The highest BCUT2D eigenvalue weighted by atomic mass is 31.2. The molecule has 0 aliphatic heterocycles. The normalized spacial score (nSPS) is 12.6. The minimum absolute atomic E-state index is 0.214. The van der Waals surface area contributed by atoms with Crippen molar-refractivity contribution in [3.8, 4) is 0 Å². The number of ether oxygens (including phenoxy) is 2. The van der Waals surface area contributed by atoms with Gasteiger partial charge in [-0.05, 0) is 38.5 Å². The van der Waals surface area contributed by atoms with E-state index in [2.05, 4.69) is 30.5 Å². The summed E-state index contributed by atoms with van der Waals surface area (Å²) in [5, 5.41) is 0. The van der Waals surface area contributed by atoms with E-state index < -0.39 is 32.5 Å². The minimum atomic E-state index is -4.74. The van der Waals surface area contributed by atoms with E-state index in [1.54, 1.807) is 0 Å². The standard InChI is InChI=1S/C31H59O8P/c1-3-5-7-9-11-13-15-16-18-19-21-23-25-30(32)37-27-29(28-38-40(34,35)36)39-31(33)26-24-22-20-17-14-12-10-8-6-4-2/h11,13,29H,3-10,12,14-28H2,1-2H3,(H2,34,35,36)/b13-11-/t29-/m1/s1. The molecular formula is C31H59O8P. The maximum absolute atomic E-state index is 12.2. The average Bonchev–Trinajstić information content (AvgIpc) is 2.91. The van der Waals surface area contributed by atoms with Crippen molar-refractivity contribution < 1.29 is 37.9 Å². The van der Waals surface area contributed by atoms with Crippen LogP contribution in [0.25, 0.3) is 0 Å². The van der Waals surface area contributed by atoms with Crippen LogP contribution in [0.2, 0.25) is 0 Å². The van der Waals surface area contributed by atoms with E-state index >= 15 is 0 Å². The van der Waals surface area contributed by atoms with Crippen LogP contribution >= 0.6 is 7.82 Å². The van der Waals surface area contributed by atoms with Crippen LogP contribution in [0.5, 0.6) is 0 Å². The van der Waals surface area contributed by atoms with Crippen LogP contribution in [-0.2, 0) is 28.2 Å². The van der Waals surface area contributed by atoms with E-state index in [-0.39, 0.29) is 19.4 Å². The van der Waals surface area contributed by atoms with Gasteiger partial charge in [0.15, 0.2) is 6.10 Å². The fourth-order valence-electron chi connectivity index (χ4n) is 4.37. The molecule has 0 spiro atoms. The van der Waals surface area contributed by atoms with Gasteiger partial charge in [0, 0.05) is 12.8 Å². The topological polar surface area (TPSA) is 119 Å². The third-order valence-corrected chi connectivity index (χ3v) is 7.27. The Morgan fingerprint density at radius 1 is 0.625 bits per heavy atom. The molecule has 0 radical (unpaired) electrons. The van der Waals surface area contributed by atoms with Crippen LogP contribution in [0.15, 0.2) is 12.2 Å². The molecule has 0 saturated heterocycles. The highest BCUT2D eigenvalue weighted by molar-refractivity contribution is 7.46. The summed E-state index contributed by atoms with van der Waals surface area (Å²) in [6, 6.07) is 0. The Kier molecular flexibility index (Phi) is 27.1. The third kappa shape index (κ3) is 29.8. The van der Waals surface area contributed by atoms with E-state index in [1.165, 1.54) is 64.2 Å². The van der Waals surface area contributed by atoms with Gasteiger partial charge in [0.25, 0.3) is 0 Å². The highest BCUT2D eigenvalue weighted by Gasteiger charge is 2.22. The zero-order chi connectivity index (χ0) is 29.7. The van der Waals surface area contributed by atoms with Gasteiger partial charge in [-0.3, -0.25) is 14.1 Å². The number of phosphoric acid groups is 1. The summed E-state index contributed by atoms with van der Waals surface area (Å²) in [6.45, 7) is 3.61. The second kappa shape index (κ2) is 27.9. The number of esters is 2. The summed E-state index contributed by atoms with van der Waals surface area (Å²) < 4.78 is 26.1. The van der Waals surface area contributed by atoms with Crippen molar-refractivity contribution in [2.75, 3.05) is 13.2 Å². The lowest BCUT2D eigenvalue weighted by Crippen LogP contribution is -2.29. The van der Waals surface area contributed by atoms with Crippen LogP contribution in [0.1, 0.15) is 155 Å². The first-order chi connectivity index (χ1) is 19.3. The Morgan fingerprint density at radius 2 is 1.05 bits per heavy atom. The first kappa shape index (κ1) is 38.8. The van der Waals surface area contributed by atoms with Gasteiger partial charge in [0.05, 0.1) is 6.61 Å². The third-order valence-electron chi connectivity index (χ3n) is 6.78. The number of allylic oxidation sites excluding steroid dienone is 2. The van der Waals surface area contributed by atoms with Crippen molar-refractivity contribution in [2.45, 2.75) is 161 Å². The van der Waals surface area contributed by atoms with Gasteiger partial charge in [0.1, 0.15) is 6.61 Å². The van der Waals surface area contributed by atoms with Gasteiger partial charge >= 0.3 is 19.8 Å². The van der Waals surface area contributed by atoms with E-state index in [9.17, 15) is 14.2 Å². The van der Waals surface area contributed by atoms with Crippen molar-refractivity contribution >= 4 is 19.8 Å². The molecule has 0 fully saturated rings. The lowest BCUT2D eigenvalue weighted by Gasteiger charge is -2.18. The number of hydrogen-bond donors (Lipinski definition) is 2. The smallest absolute Gasteiger partial charge is 0.462 e. The highest BCUT2D eigenvalue weighted by Crippen LogP contribution is 2.35. The molecule has 0 saturated carbocycles. The Balaban J connectivity index is 4.04. The molecule has 0 amide bonds. The SMILES string of the molecule is CCCCC/C=C\CCCCCCCC(=O)OC[C@H](COP(=O)(O)O)OC(=O)CCCCCCCCCCCC. The molecular weight excluding hydrogens is 531 g/mol. The van der Waals surface area contributed by atoms with Gasteiger partial charge in [-0.15, -0.1) is 0 Å². The van der Waals surface area contributed by atoms with Gasteiger partial charge in [-0.1, -0.05) is 116 Å². The van der Waals surface area contributed by atoms with Gasteiger partial charge < -0.3 is 19.3 Å². The van der Waals surface area contributed by atoms with Crippen molar-refractivity contribution in [1.29, 1.82) is 0 Å². The second-order valence-corrected chi connectivity index (χ2v) is 12.0. The van der Waals surface area contributed by atoms with E-state index in [0.29, 0.717) is 12.8 Å². The largest absolute Gasteiger partial charge is 0.469 e. The van der Waals surface area contributed by atoms with Crippen LogP contribution in [-0.4, -0.2) is 41.0 Å². The quantitative estimate of drug-likeness (QED) is 0.0384. The number of carbonyl (C=O) groups excluding carboxylic acids is 2. The second-order valence-electron chi connectivity index (χ2n) is 10.8. The first-order valence-electron chi connectivity index (χ1n) is 16.0. The summed E-state index contributed by atoms with van der Waals surface area (Å²) >= 11 is 0. The van der Waals surface area contributed by atoms with Crippen molar-refractivity contribution in [1.82, 2.24) is 0 Å². The predicted molar refractivity (Wildman–Crippen MR) is 161 cm³/mol. The molecule has 0 aromatic heterocycles. The Hall–Kier alpha value is -1.21. The monoisotopic (exact) mass is 590 g/mol. The number of rotatable bonds is 29. The minimum Gasteiger partial charge on any atom is -0.462 e. The number of carbonyl (C=O) groups is 2. The fraction of sp³-hybridized carbons (Fsp3) is 0.871.